The third kappa shape index (κ3) is 5.66. The molecule has 3 aromatic rings. The van der Waals surface area contributed by atoms with Crippen LogP contribution in [0, 0.1) is 11.8 Å². The Balaban J connectivity index is 1.16. The number of hydrogen-bond donors (Lipinski definition) is 3. The predicted octanol–water partition coefficient (Wildman–Crippen LogP) is 3.88. The van der Waals surface area contributed by atoms with Crippen molar-refractivity contribution in [1.29, 1.82) is 0 Å². The average molecular weight is 532 g/mol. The maximum Gasteiger partial charge on any atom is 0.238 e. The average Bonchev–Trinajstić information content (AvgIpc) is 3.58. The largest absolute Gasteiger partial charge is 0.355 e. The van der Waals surface area contributed by atoms with Crippen molar-refractivity contribution < 1.29 is 18.0 Å². The van der Waals surface area contributed by atoms with Crippen LogP contribution in [0.5, 0.6) is 0 Å². The van der Waals surface area contributed by atoms with Crippen molar-refractivity contribution in [1.82, 2.24) is 10.6 Å². The fourth-order valence-electron chi connectivity index (χ4n) is 5.88. The summed E-state index contributed by atoms with van der Waals surface area (Å²) in [6.45, 7) is 0.946. The van der Waals surface area contributed by atoms with Crippen molar-refractivity contribution in [2.45, 2.75) is 49.5 Å². The van der Waals surface area contributed by atoms with Crippen molar-refractivity contribution in [3.63, 3.8) is 0 Å². The molecular formula is C30H33N3O4S. The summed E-state index contributed by atoms with van der Waals surface area (Å²) >= 11 is 0. The van der Waals surface area contributed by atoms with Crippen LogP contribution >= 0.6 is 0 Å². The molecule has 1 fully saturated rings. The van der Waals surface area contributed by atoms with Gasteiger partial charge >= 0.3 is 0 Å². The number of aryl methyl sites for hydroxylation is 1. The molecular weight excluding hydrogens is 498 g/mol. The van der Waals surface area contributed by atoms with Crippen molar-refractivity contribution in [2.24, 2.45) is 17.0 Å². The first-order valence-electron chi connectivity index (χ1n) is 13.2. The van der Waals surface area contributed by atoms with Crippen LogP contribution in [0.1, 0.15) is 48.3 Å². The van der Waals surface area contributed by atoms with Gasteiger partial charge in [0.05, 0.1) is 4.90 Å². The maximum atomic E-state index is 13.0. The van der Waals surface area contributed by atoms with Gasteiger partial charge in [-0.05, 0) is 54.0 Å². The van der Waals surface area contributed by atoms with Gasteiger partial charge in [0.25, 0.3) is 0 Å². The topological polar surface area (TPSA) is 118 Å². The van der Waals surface area contributed by atoms with Gasteiger partial charge in [-0.2, -0.15) is 0 Å². The Labute approximate surface area is 223 Å². The number of amides is 2. The van der Waals surface area contributed by atoms with Crippen LogP contribution in [0.3, 0.4) is 0 Å². The number of carbonyl (C=O) groups excluding carboxylic acids is 2. The standard InChI is InChI=1S/C30H33N3O4S/c31-38(36,37)28-11-4-3-8-25(28)22-14-12-20(13-15-22)18-32-29(34)26-9-5-10-27(26)30(35)33-19-23-17-16-21-6-1-2-7-24(21)23/h1-4,6-8,11-15,23,26-27H,5,9-10,16-19H2,(H,32,34)(H,33,35)(H2,31,36,37)/t23?,26-,27-/m1/s1. The van der Waals surface area contributed by atoms with E-state index in [-0.39, 0.29) is 28.5 Å². The molecule has 0 bridgehead atoms. The molecule has 38 heavy (non-hydrogen) atoms. The quantitative estimate of drug-likeness (QED) is 0.409. The minimum absolute atomic E-state index is 0.0232. The van der Waals surface area contributed by atoms with Gasteiger partial charge in [-0.25, -0.2) is 13.6 Å². The zero-order valence-corrected chi connectivity index (χ0v) is 22.0. The number of carbonyl (C=O) groups is 2. The minimum Gasteiger partial charge on any atom is -0.355 e. The predicted molar refractivity (Wildman–Crippen MR) is 146 cm³/mol. The molecule has 0 heterocycles. The first-order valence-corrected chi connectivity index (χ1v) is 14.7. The molecule has 0 spiro atoms. The van der Waals surface area contributed by atoms with Gasteiger partial charge in [-0.15, -0.1) is 0 Å². The lowest BCUT2D eigenvalue weighted by atomic mass is 9.93. The third-order valence-corrected chi connectivity index (χ3v) is 8.86. The molecule has 3 atom stereocenters. The second kappa shape index (κ2) is 11.1. The van der Waals surface area contributed by atoms with Crippen LogP contribution < -0.4 is 15.8 Å². The SMILES string of the molecule is NS(=O)(=O)c1ccccc1-c1ccc(CNC(=O)[C@@H]2CCC[C@H]2C(=O)NCC2CCc3ccccc32)cc1. The number of nitrogens with two attached hydrogens (primary N) is 1. The Morgan fingerprint density at radius 3 is 2.21 bits per heavy atom. The molecule has 0 aromatic heterocycles. The molecule has 0 saturated heterocycles. The van der Waals surface area contributed by atoms with Gasteiger partial charge in [0.1, 0.15) is 0 Å². The van der Waals surface area contributed by atoms with Gasteiger partial charge in [-0.1, -0.05) is 73.2 Å². The molecule has 8 heteroatoms. The van der Waals surface area contributed by atoms with Gasteiger partial charge in [0.2, 0.25) is 21.8 Å². The summed E-state index contributed by atoms with van der Waals surface area (Å²) in [4.78, 5) is 26.1. The van der Waals surface area contributed by atoms with Crippen molar-refractivity contribution in [3.8, 4) is 11.1 Å². The second-order valence-corrected chi connectivity index (χ2v) is 11.8. The fourth-order valence-corrected chi connectivity index (χ4v) is 6.64. The van der Waals surface area contributed by atoms with Crippen molar-refractivity contribution in [2.75, 3.05) is 6.54 Å². The van der Waals surface area contributed by atoms with Crippen LogP contribution in [0.4, 0.5) is 0 Å². The summed E-state index contributed by atoms with van der Waals surface area (Å²) in [6.07, 6.45) is 4.38. The first kappa shape index (κ1) is 26.1. The number of hydrogen-bond acceptors (Lipinski definition) is 4. The summed E-state index contributed by atoms with van der Waals surface area (Å²) in [5.41, 5.74) is 4.84. The summed E-state index contributed by atoms with van der Waals surface area (Å²) in [7, 11) is -3.85. The van der Waals surface area contributed by atoms with Crippen molar-refractivity contribution >= 4 is 21.8 Å². The van der Waals surface area contributed by atoms with Gasteiger partial charge in [0, 0.05) is 36.4 Å². The zero-order chi connectivity index (χ0) is 26.7. The summed E-state index contributed by atoms with van der Waals surface area (Å²) in [5, 5.41) is 11.5. The van der Waals surface area contributed by atoms with E-state index >= 15 is 0 Å². The van der Waals surface area contributed by atoms with Gasteiger partial charge < -0.3 is 10.6 Å². The highest BCUT2D eigenvalue weighted by molar-refractivity contribution is 7.89. The number of benzene rings is 3. The van der Waals surface area contributed by atoms with Gasteiger partial charge in [-0.3, -0.25) is 9.59 Å². The van der Waals surface area contributed by atoms with Crippen LogP contribution in [0.2, 0.25) is 0 Å². The molecule has 5 rings (SSSR count). The lowest BCUT2D eigenvalue weighted by molar-refractivity contribution is -0.133. The van der Waals surface area contributed by atoms with Crippen LogP contribution in [-0.2, 0) is 32.6 Å². The Kier molecular flexibility index (Phi) is 7.63. The molecule has 2 amide bonds. The summed E-state index contributed by atoms with van der Waals surface area (Å²) in [6, 6.07) is 22.4. The lowest BCUT2D eigenvalue weighted by Crippen LogP contribution is -2.40. The lowest BCUT2D eigenvalue weighted by Gasteiger charge is -2.20. The van der Waals surface area contributed by atoms with Gasteiger partial charge in [0.15, 0.2) is 0 Å². The fraction of sp³-hybridized carbons (Fsp3) is 0.333. The monoisotopic (exact) mass is 531 g/mol. The number of primary sulfonamides is 1. The number of nitrogens with one attached hydrogen (secondary N) is 2. The van der Waals surface area contributed by atoms with Crippen LogP contribution in [0.25, 0.3) is 11.1 Å². The van der Waals surface area contributed by atoms with E-state index in [1.54, 1.807) is 18.2 Å². The van der Waals surface area contributed by atoms with E-state index in [1.807, 2.05) is 30.3 Å². The van der Waals surface area contributed by atoms with E-state index < -0.39 is 10.0 Å². The van der Waals surface area contributed by atoms with E-state index in [0.29, 0.717) is 31.0 Å². The highest BCUT2D eigenvalue weighted by atomic mass is 32.2. The molecule has 0 aliphatic heterocycles. The Bertz CT molecular complexity index is 1440. The van der Waals surface area contributed by atoms with E-state index in [2.05, 4.69) is 28.8 Å². The minimum atomic E-state index is -3.85. The molecule has 4 N–H and O–H groups in total. The molecule has 1 unspecified atom stereocenters. The number of fused-ring (bicyclic) bond motifs is 1. The molecule has 198 valence electrons. The molecule has 0 radical (unpaired) electrons. The second-order valence-electron chi connectivity index (χ2n) is 10.3. The maximum absolute atomic E-state index is 13.0. The smallest absolute Gasteiger partial charge is 0.238 e. The van der Waals surface area contributed by atoms with Crippen molar-refractivity contribution in [3.05, 3.63) is 89.5 Å². The normalized spacial score (nSPS) is 20.6. The molecule has 2 aliphatic carbocycles. The third-order valence-electron chi connectivity index (χ3n) is 7.89. The first-order chi connectivity index (χ1) is 18.3. The number of sulfonamides is 1. The molecule has 2 aliphatic rings. The Hall–Kier alpha value is -3.49. The highest BCUT2D eigenvalue weighted by Crippen LogP contribution is 2.34. The molecule has 3 aromatic carbocycles. The Morgan fingerprint density at radius 1 is 0.816 bits per heavy atom. The zero-order valence-electron chi connectivity index (χ0n) is 21.2. The van der Waals surface area contributed by atoms with E-state index in [4.69, 9.17) is 5.14 Å². The van der Waals surface area contributed by atoms with E-state index in [0.717, 1.165) is 36.8 Å². The highest BCUT2D eigenvalue weighted by Gasteiger charge is 2.38. The number of rotatable bonds is 8. The molecule has 7 nitrogen and oxygen atoms in total. The van der Waals surface area contributed by atoms with Crippen LogP contribution in [-0.4, -0.2) is 26.8 Å². The molecule has 1 saturated carbocycles. The van der Waals surface area contributed by atoms with E-state index in [1.165, 1.54) is 17.2 Å². The van der Waals surface area contributed by atoms with E-state index in [9.17, 15) is 18.0 Å². The Morgan fingerprint density at radius 2 is 1.47 bits per heavy atom. The van der Waals surface area contributed by atoms with Crippen LogP contribution in [0.15, 0.2) is 77.7 Å². The summed E-state index contributed by atoms with van der Waals surface area (Å²) in [5.74, 6) is -0.415. The summed E-state index contributed by atoms with van der Waals surface area (Å²) < 4.78 is 23.9.